The number of aliphatic hydroxyl groups is 1. The lowest BCUT2D eigenvalue weighted by Crippen LogP contribution is -2.03. The van der Waals surface area contributed by atoms with Gasteiger partial charge in [-0.15, -0.1) is 0 Å². The molecule has 0 fully saturated rings. The van der Waals surface area contributed by atoms with Crippen molar-refractivity contribution in [2.24, 2.45) is 0 Å². The van der Waals surface area contributed by atoms with E-state index in [1.165, 1.54) is 19.2 Å². The first kappa shape index (κ1) is 17.8. The van der Waals surface area contributed by atoms with Crippen LogP contribution in [0, 0.1) is 0 Å². The minimum absolute atomic E-state index is 0.0216. The van der Waals surface area contributed by atoms with E-state index in [4.69, 9.17) is 14.3 Å². The molecule has 0 radical (unpaired) electrons. The highest BCUT2D eigenvalue weighted by Gasteiger charge is 2.19. The van der Waals surface area contributed by atoms with E-state index in [0.29, 0.717) is 5.56 Å². The van der Waals surface area contributed by atoms with Gasteiger partial charge in [0, 0.05) is 12.2 Å². The highest BCUT2D eigenvalue weighted by atomic mass is 16.5. The quantitative estimate of drug-likeness (QED) is 0.587. The van der Waals surface area contributed by atoms with Crippen molar-refractivity contribution < 1.29 is 24.5 Å². The van der Waals surface area contributed by atoms with Crippen molar-refractivity contribution in [1.29, 1.82) is 0 Å². The second kappa shape index (κ2) is 7.49. The number of hydrogen-bond donors (Lipinski definition) is 3. The molecule has 0 atom stereocenters. The monoisotopic (exact) mass is 356 g/mol. The Hall–Kier alpha value is -2.99. The molecule has 0 bridgehead atoms. The summed E-state index contributed by atoms with van der Waals surface area (Å²) < 4.78 is 10.9. The second-order valence-electron chi connectivity index (χ2n) is 5.98. The molecule has 0 unspecified atom stereocenters. The van der Waals surface area contributed by atoms with Crippen molar-refractivity contribution in [3.05, 3.63) is 52.2 Å². The minimum Gasteiger partial charge on any atom is -0.504 e. The van der Waals surface area contributed by atoms with Gasteiger partial charge in [0.05, 0.1) is 12.5 Å². The smallest absolute Gasteiger partial charge is 0.235 e. The maximum atomic E-state index is 12.5. The van der Waals surface area contributed by atoms with Gasteiger partial charge in [-0.25, -0.2) is 0 Å². The summed E-state index contributed by atoms with van der Waals surface area (Å²) in [5, 5.41) is 29.2. The molecule has 26 heavy (non-hydrogen) atoms. The van der Waals surface area contributed by atoms with Crippen LogP contribution >= 0.6 is 0 Å². The number of methoxy groups -OCH3 is 1. The molecule has 2 aromatic carbocycles. The molecule has 6 heteroatoms. The van der Waals surface area contributed by atoms with Gasteiger partial charge in [-0.1, -0.05) is 24.3 Å². The number of aliphatic hydroxyl groups excluding tert-OH is 1. The van der Waals surface area contributed by atoms with Crippen LogP contribution in [-0.4, -0.2) is 29.0 Å². The number of benzene rings is 2. The van der Waals surface area contributed by atoms with Gasteiger partial charge in [0.2, 0.25) is 16.9 Å². The van der Waals surface area contributed by atoms with Gasteiger partial charge in [-0.3, -0.25) is 4.79 Å². The van der Waals surface area contributed by atoms with E-state index >= 15 is 0 Å². The van der Waals surface area contributed by atoms with Crippen LogP contribution in [0.2, 0.25) is 0 Å². The van der Waals surface area contributed by atoms with Crippen molar-refractivity contribution in [2.75, 3.05) is 13.7 Å². The summed E-state index contributed by atoms with van der Waals surface area (Å²) in [5.74, 6) is -0.577. The normalized spacial score (nSPS) is 11.0. The predicted molar refractivity (Wildman–Crippen MR) is 97.8 cm³/mol. The fraction of sp³-hybridized carbons (Fsp3) is 0.250. The Kier molecular flexibility index (Phi) is 5.14. The van der Waals surface area contributed by atoms with Crippen LogP contribution in [0.4, 0.5) is 0 Å². The van der Waals surface area contributed by atoms with Gasteiger partial charge < -0.3 is 24.5 Å². The van der Waals surface area contributed by atoms with E-state index in [1.807, 2.05) is 12.1 Å². The largest absolute Gasteiger partial charge is 0.504 e. The van der Waals surface area contributed by atoms with Crippen LogP contribution in [0.1, 0.15) is 18.4 Å². The van der Waals surface area contributed by atoms with Crippen LogP contribution in [0.3, 0.4) is 0 Å². The number of aryl methyl sites for hydroxylation is 1. The average Bonchev–Trinajstić information content (AvgIpc) is 2.65. The first-order valence-corrected chi connectivity index (χ1v) is 8.32. The Labute approximate surface area is 149 Å². The van der Waals surface area contributed by atoms with Gasteiger partial charge in [0.25, 0.3) is 0 Å². The molecule has 0 saturated heterocycles. The van der Waals surface area contributed by atoms with Crippen LogP contribution < -0.4 is 10.2 Å². The SMILES string of the molecule is COc1c(O)ccc2c(=O)c(O)c(-c3ccc(CCCCO)cc3)oc12. The fourth-order valence-electron chi connectivity index (χ4n) is 2.87. The number of phenolic OH excluding ortho intramolecular Hbond substituents is 1. The third-order valence-electron chi connectivity index (χ3n) is 4.26. The van der Waals surface area contributed by atoms with Crippen molar-refractivity contribution in [2.45, 2.75) is 19.3 Å². The van der Waals surface area contributed by atoms with Crippen LogP contribution in [-0.2, 0) is 6.42 Å². The summed E-state index contributed by atoms with van der Waals surface area (Å²) in [6.45, 7) is 0.170. The van der Waals surface area contributed by atoms with E-state index in [1.54, 1.807) is 12.1 Å². The molecule has 0 aliphatic carbocycles. The van der Waals surface area contributed by atoms with Gasteiger partial charge in [-0.2, -0.15) is 0 Å². The van der Waals surface area contributed by atoms with Gasteiger partial charge in [0.15, 0.2) is 17.1 Å². The number of hydrogen-bond acceptors (Lipinski definition) is 6. The van der Waals surface area contributed by atoms with Gasteiger partial charge >= 0.3 is 0 Å². The first-order chi connectivity index (χ1) is 12.6. The Morgan fingerprint density at radius 3 is 2.42 bits per heavy atom. The molecule has 6 nitrogen and oxygen atoms in total. The molecule has 0 spiro atoms. The lowest BCUT2D eigenvalue weighted by molar-refractivity contribution is 0.284. The number of aromatic hydroxyl groups is 2. The van der Waals surface area contributed by atoms with Crippen molar-refractivity contribution in [3.8, 4) is 28.6 Å². The lowest BCUT2D eigenvalue weighted by atomic mass is 10.0. The van der Waals surface area contributed by atoms with Crippen molar-refractivity contribution in [1.82, 2.24) is 0 Å². The average molecular weight is 356 g/mol. The summed E-state index contributed by atoms with van der Waals surface area (Å²) in [6.07, 6.45) is 2.45. The number of rotatable bonds is 6. The molecule has 1 heterocycles. The van der Waals surface area contributed by atoms with Gasteiger partial charge in [0.1, 0.15) is 0 Å². The first-order valence-electron chi connectivity index (χ1n) is 8.32. The standard InChI is InChI=1S/C20H20O6/c1-25-20-15(22)10-9-14-16(23)17(24)18(26-19(14)20)13-7-5-12(6-8-13)4-2-3-11-21/h5-10,21-22,24H,2-4,11H2,1H3. The Bertz CT molecular complexity index is 972. The number of ether oxygens (including phenoxy) is 1. The highest BCUT2D eigenvalue weighted by molar-refractivity contribution is 5.88. The van der Waals surface area contributed by atoms with Gasteiger partial charge in [-0.05, 0) is 37.0 Å². The lowest BCUT2D eigenvalue weighted by Gasteiger charge is -2.10. The zero-order valence-electron chi connectivity index (χ0n) is 14.4. The number of fused-ring (bicyclic) bond motifs is 1. The molecule has 0 aliphatic rings. The summed E-state index contributed by atoms with van der Waals surface area (Å²) in [5.41, 5.74) is 1.11. The minimum atomic E-state index is -0.591. The Morgan fingerprint density at radius 1 is 1.04 bits per heavy atom. The molecule has 0 amide bonds. The maximum Gasteiger partial charge on any atom is 0.235 e. The highest BCUT2D eigenvalue weighted by Crippen LogP contribution is 2.38. The zero-order valence-corrected chi connectivity index (χ0v) is 14.4. The molecule has 3 rings (SSSR count). The van der Waals surface area contributed by atoms with E-state index < -0.39 is 11.2 Å². The summed E-state index contributed by atoms with van der Waals surface area (Å²) in [4.78, 5) is 12.5. The van der Waals surface area contributed by atoms with E-state index in [2.05, 4.69) is 0 Å². The molecular weight excluding hydrogens is 336 g/mol. The summed E-state index contributed by atoms with van der Waals surface area (Å²) in [6, 6.07) is 9.98. The topological polar surface area (TPSA) is 100 Å². The van der Waals surface area contributed by atoms with Crippen LogP contribution in [0.5, 0.6) is 17.2 Å². The molecule has 1 aromatic heterocycles. The molecular formula is C20H20O6. The molecule has 0 saturated carbocycles. The molecule has 3 N–H and O–H groups in total. The van der Waals surface area contributed by atoms with E-state index in [9.17, 15) is 15.0 Å². The second-order valence-corrected chi connectivity index (χ2v) is 5.98. The zero-order chi connectivity index (χ0) is 18.7. The summed E-state index contributed by atoms with van der Waals surface area (Å²) >= 11 is 0. The third-order valence-corrected chi connectivity index (χ3v) is 4.26. The third kappa shape index (κ3) is 3.23. The van der Waals surface area contributed by atoms with Crippen LogP contribution in [0.15, 0.2) is 45.6 Å². The molecule has 3 aromatic rings. The maximum absolute atomic E-state index is 12.5. The Morgan fingerprint density at radius 2 is 1.77 bits per heavy atom. The van der Waals surface area contributed by atoms with Crippen molar-refractivity contribution in [3.63, 3.8) is 0 Å². The van der Waals surface area contributed by atoms with E-state index in [0.717, 1.165) is 24.8 Å². The van der Waals surface area contributed by atoms with Crippen LogP contribution in [0.25, 0.3) is 22.3 Å². The van der Waals surface area contributed by atoms with Crippen molar-refractivity contribution >= 4 is 11.0 Å². The predicted octanol–water partition coefficient (Wildman–Crippen LogP) is 3.19. The summed E-state index contributed by atoms with van der Waals surface area (Å²) in [7, 11) is 1.36. The fourth-order valence-corrected chi connectivity index (χ4v) is 2.87. The number of unbranched alkanes of at least 4 members (excludes halogenated alkanes) is 1. The molecule has 0 aliphatic heterocycles. The Balaban J connectivity index is 2.07. The van der Waals surface area contributed by atoms with E-state index in [-0.39, 0.29) is 34.8 Å². The molecule has 136 valence electrons. The number of phenols is 1.